The largest absolute Gasteiger partial charge is 0.494 e. The summed E-state index contributed by atoms with van der Waals surface area (Å²) in [6.07, 6.45) is 0.910. The van der Waals surface area contributed by atoms with E-state index >= 15 is 0 Å². The van der Waals surface area contributed by atoms with Crippen LogP contribution in [-0.4, -0.2) is 19.2 Å². The molecule has 1 aliphatic rings. The minimum Gasteiger partial charge on any atom is -0.494 e. The Morgan fingerprint density at radius 2 is 1.69 bits per heavy atom. The SMILES string of the molecule is CCCOc1ccc(C2C(C#N)=C(N)Oc3cc(OC(=O)COc4ccc(Cl)cc4)ccc32)cc1. The molecule has 4 rings (SSSR count). The fraction of sp³-hybridized carbons (Fsp3) is 0.185. The number of nitrogens with zero attached hydrogens (tertiary/aromatic N) is 1. The van der Waals surface area contributed by atoms with Crippen molar-refractivity contribution < 1.29 is 23.7 Å². The van der Waals surface area contributed by atoms with E-state index in [1.54, 1.807) is 42.5 Å². The lowest BCUT2D eigenvalue weighted by atomic mass is 9.83. The van der Waals surface area contributed by atoms with Gasteiger partial charge in [0.15, 0.2) is 6.61 Å². The first kappa shape index (κ1) is 24.0. The fourth-order valence-corrected chi connectivity index (χ4v) is 3.78. The number of nitrogens with two attached hydrogens (primary N) is 1. The van der Waals surface area contributed by atoms with Crippen LogP contribution in [0.2, 0.25) is 5.02 Å². The second-order valence-electron chi connectivity index (χ2n) is 7.76. The highest BCUT2D eigenvalue weighted by atomic mass is 35.5. The van der Waals surface area contributed by atoms with Crippen LogP contribution in [0.3, 0.4) is 0 Å². The first-order valence-corrected chi connectivity index (χ1v) is 11.4. The maximum absolute atomic E-state index is 12.3. The highest BCUT2D eigenvalue weighted by Crippen LogP contribution is 2.43. The van der Waals surface area contributed by atoms with Gasteiger partial charge in [0.1, 0.15) is 34.6 Å². The normalized spacial score (nSPS) is 14.4. The molecule has 7 nitrogen and oxygen atoms in total. The summed E-state index contributed by atoms with van der Waals surface area (Å²) >= 11 is 5.85. The van der Waals surface area contributed by atoms with Gasteiger partial charge in [-0.1, -0.05) is 36.7 Å². The Morgan fingerprint density at radius 1 is 1.03 bits per heavy atom. The molecule has 0 spiro atoms. The zero-order valence-electron chi connectivity index (χ0n) is 19.0. The van der Waals surface area contributed by atoms with Crippen LogP contribution < -0.4 is 24.7 Å². The van der Waals surface area contributed by atoms with Crippen molar-refractivity contribution in [3.8, 4) is 29.1 Å². The van der Waals surface area contributed by atoms with Crippen LogP contribution in [0.5, 0.6) is 23.0 Å². The van der Waals surface area contributed by atoms with Crippen LogP contribution in [0.4, 0.5) is 0 Å². The van der Waals surface area contributed by atoms with E-state index in [1.165, 1.54) is 0 Å². The smallest absolute Gasteiger partial charge is 0.349 e. The number of fused-ring (bicyclic) bond motifs is 1. The number of rotatable bonds is 8. The number of hydrogen-bond donors (Lipinski definition) is 1. The first-order chi connectivity index (χ1) is 17.0. The number of hydrogen-bond acceptors (Lipinski definition) is 7. The number of benzene rings is 3. The Bertz CT molecular complexity index is 1280. The molecule has 0 radical (unpaired) electrons. The van der Waals surface area contributed by atoms with Gasteiger partial charge in [-0.25, -0.2) is 4.79 Å². The molecule has 178 valence electrons. The maximum Gasteiger partial charge on any atom is 0.349 e. The predicted molar refractivity (Wildman–Crippen MR) is 131 cm³/mol. The van der Waals surface area contributed by atoms with Crippen LogP contribution in [0.25, 0.3) is 0 Å². The van der Waals surface area contributed by atoms with Crippen molar-refractivity contribution in [2.45, 2.75) is 19.3 Å². The van der Waals surface area contributed by atoms with E-state index in [9.17, 15) is 10.1 Å². The van der Waals surface area contributed by atoms with Crippen LogP contribution in [0.15, 0.2) is 78.2 Å². The molecule has 0 saturated heterocycles. The lowest BCUT2D eigenvalue weighted by Gasteiger charge is -2.26. The van der Waals surface area contributed by atoms with E-state index in [0.29, 0.717) is 28.7 Å². The van der Waals surface area contributed by atoms with Crippen molar-refractivity contribution in [3.05, 3.63) is 94.3 Å². The summed E-state index contributed by atoms with van der Waals surface area (Å²) in [7, 11) is 0. The van der Waals surface area contributed by atoms with Gasteiger partial charge in [-0.15, -0.1) is 0 Å². The van der Waals surface area contributed by atoms with Crippen LogP contribution in [0.1, 0.15) is 30.4 Å². The van der Waals surface area contributed by atoms with Crippen molar-refractivity contribution in [1.29, 1.82) is 5.26 Å². The van der Waals surface area contributed by atoms with Crippen LogP contribution >= 0.6 is 11.6 Å². The zero-order valence-corrected chi connectivity index (χ0v) is 19.7. The van der Waals surface area contributed by atoms with E-state index in [1.807, 2.05) is 31.2 Å². The highest BCUT2D eigenvalue weighted by Gasteiger charge is 2.31. The maximum atomic E-state index is 12.3. The predicted octanol–water partition coefficient (Wildman–Crippen LogP) is 5.33. The molecule has 3 aromatic carbocycles. The molecule has 0 aromatic heterocycles. The summed E-state index contributed by atoms with van der Waals surface area (Å²) in [6, 6.07) is 21.3. The van der Waals surface area contributed by atoms with Gasteiger partial charge in [0, 0.05) is 16.7 Å². The first-order valence-electron chi connectivity index (χ1n) is 11.0. The second-order valence-corrected chi connectivity index (χ2v) is 8.20. The van der Waals surface area contributed by atoms with Gasteiger partial charge < -0.3 is 24.7 Å². The third-order valence-corrected chi connectivity index (χ3v) is 5.53. The van der Waals surface area contributed by atoms with Gasteiger partial charge in [0.25, 0.3) is 0 Å². The molecule has 0 fully saturated rings. The van der Waals surface area contributed by atoms with Gasteiger partial charge >= 0.3 is 5.97 Å². The minimum atomic E-state index is -0.587. The molecule has 2 N–H and O–H groups in total. The Labute approximate surface area is 208 Å². The van der Waals surface area contributed by atoms with Crippen molar-refractivity contribution in [1.82, 2.24) is 0 Å². The standard InChI is InChI=1S/C27H23ClN2O5/c1-2-13-32-19-7-3-17(4-8-19)26-22-12-11-21(14-24(22)35-27(30)23(26)15-29)34-25(31)16-33-20-9-5-18(28)6-10-20/h3-12,14,26H,2,13,16,30H2,1H3. The molecule has 1 heterocycles. The number of allylic oxidation sites excluding steroid dienone is 1. The molecule has 0 saturated carbocycles. The summed E-state index contributed by atoms with van der Waals surface area (Å²) in [6.45, 7) is 2.38. The summed E-state index contributed by atoms with van der Waals surface area (Å²) in [5, 5.41) is 10.3. The van der Waals surface area contributed by atoms with Crippen LogP contribution in [-0.2, 0) is 4.79 Å². The molecular formula is C27H23ClN2O5. The van der Waals surface area contributed by atoms with Crippen LogP contribution in [0, 0.1) is 11.3 Å². The summed E-state index contributed by atoms with van der Waals surface area (Å²) < 4.78 is 22.2. The molecular weight excluding hydrogens is 468 g/mol. The van der Waals surface area contributed by atoms with E-state index in [4.69, 9.17) is 36.3 Å². The lowest BCUT2D eigenvalue weighted by Crippen LogP contribution is -2.21. The fourth-order valence-electron chi connectivity index (χ4n) is 3.65. The molecule has 1 aliphatic heterocycles. The van der Waals surface area contributed by atoms with Crippen molar-refractivity contribution in [2.75, 3.05) is 13.2 Å². The van der Waals surface area contributed by atoms with Crippen molar-refractivity contribution in [3.63, 3.8) is 0 Å². The number of halogens is 1. The van der Waals surface area contributed by atoms with E-state index < -0.39 is 11.9 Å². The van der Waals surface area contributed by atoms with Gasteiger partial charge in [-0.2, -0.15) is 5.26 Å². The molecule has 0 bridgehead atoms. The Kier molecular flexibility index (Phi) is 7.44. The van der Waals surface area contributed by atoms with Gasteiger partial charge in [-0.3, -0.25) is 0 Å². The molecule has 3 aromatic rings. The lowest BCUT2D eigenvalue weighted by molar-refractivity contribution is -0.136. The Morgan fingerprint density at radius 3 is 2.37 bits per heavy atom. The van der Waals surface area contributed by atoms with Crippen molar-refractivity contribution >= 4 is 17.6 Å². The third-order valence-electron chi connectivity index (χ3n) is 5.28. The third kappa shape index (κ3) is 5.68. The molecule has 35 heavy (non-hydrogen) atoms. The van der Waals surface area contributed by atoms with E-state index in [0.717, 1.165) is 23.3 Å². The molecule has 1 atom stereocenters. The number of esters is 1. The molecule has 0 aliphatic carbocycles. The Balaban J connectivity index is 1.51. The van der Waals surface area contributed by atoms with E-state index in [2.05, 4.69) is 6.07 Å². The number of carbonyl (C=O) groups is 1. The number of nitriles is 1. The summed E-state index contributed by atoms with van der Waals surface area (Å²) in [4.78, 5) is 12.3. The molecule has 0 amide bonds. The number of carbonyl (C=O) groups excluding carboxylic acids is 1. The topological polar surface area (TPSA) is 104 Å². The second kappa shape index (κ2) is 10.9. The summed E-state index contributed by atoms with van der Waals surface area (Å²) in [5.41, 5.74) is 7.97. The van der Waals surface area contributed by atoms with Gasteiger partial charge in [-0.05, 0) is 54.4 Å². The van der Waals surface area contributed by atoms with Crippen molar-refractivity contribution in [2.24, 2.45) is 5.73 Å². The molecule has 8 heteroatoms. The average molecular weight is 491 g/mol. The van der Waals surface area contributed by atoms with E-state index in [-0.39, 0.29) is 18.2 Å². The highest BCUT2D eigenvalue weighted by molar-refractivity contribution is 6.30. The van der Waals surface area contributed by atoms with Gasteiger partial charge in [0.2, 0.25) is 5.88 Å². The zero-order chi connectivity index (χ0) is 24.8. The quantitative estimate of drug-likeness (QED) is 0.336. The summed E-state index contributed by atoms with van der Waals surface area (Å²) in [5.74, 6) is 0.909. The monoisotopic (exact) mass is 490 g/mol. The number of ether oxygens (including phenoxy) is 4. The average Bonchev–Trinajstić information content (AvgIpc) is 2.86. The minimum absolute atomic E-state index is 0.00542. The Hall–Kier alpha value is -4.15. The molecule has 1 unspecified atom stereocenters. The van der Waals surface area contributed by atoms with Gasteiger partial charge in [0.05, 0.1) is 12.5 Å².